The van der Waals surface area contributed by atoms with E-state index in [-0.39, 0.29) is 29.4 Å². The van der Waals surface area contributed by atoms with Crippen molar-refractivity contribution in [3.8, 4) is 0 Å². The molecule has 0 saturated heterocycles. The molecule has 1 saturated carbocycles. The van der Waals surface area contributed by atoms with Crippen molar-refractivity contribution in [2.75, 3.05) is 6.54 Å². The summed E-state index contributed by atoms with van der Waals surface area (Å²) >= 11 is 0. The van der Waals surface area contributed by atoms with Gasteiger partial charge in [-0.2, -0.15) is 0 Å². The van der Waals surface area contributed by atoms with Crippen molar-refractivity contribution in [2.24, 2.45) is 11.7 Å². The van der Waals surface area contributed by atoms with Gasteiger partial charge < -0.3 is 16.4 Å². The fourth-order valence-electron chi connectivity index (χ4n) is 3.38. The van der Waals surface area contributed by atoms with Gasteiger partial charge in [-0.3, -0.25) is 4.79 Å². The van der Waals surface area contributed by atoms with Crippen LogP contribution in [0.25, 0.3) is 0 Å². The molecule has 3 unspecified atom stereocenters. The number of carbonyl (C=O) groups excluding carboxylic acids is 1. The van der Waals surface area contributed by atoms with E-state index in [1.165, 1.54) is 5.56 Å². The van der Waals surface area contributed by atoms with Gasteiger partial charge in [0.1, 0.15) is 0 Å². The maximum absolute atomic E-state index is 12.4. The van der Waals surface area contributed by atoms with Crippen LogP contribution in [-0.2, 0) is 4.79 Å². The van der Waals surface area contributed by atoms with E-state index < -0.39 is 0 Å². The summed E-state index contributed by atoms with van der Waals surface area (Å²) in [7, 11) is 0. The zero-order valence-electron chi connectivity index (χ0n) is 14.6. The van der Waals surface area contributed by atoms with E-state index in [9.17, 15) is 4.79 Å². The summed E-state index contributed by atoms with van der Waals surface area (Å²) in [5.41, 5.74) is 7.07. The van der Waals surface area contributed by atoms with E-state index in [1.807, 2.05) is 6.07 Å². The maximum atomic E-state index is 12.4. The molecule has 0 spiro atoms. The fourth-order valence-corrected chi connectivity index (χ4v) is 3.38. The Balaban J connectivity index is 1.82. The average molecular weight is 317 g/mol. The molecule has 0 aromatic heterocycles. The van der Waals surface area contributed by atoms with Gasteiger partial charge in [-0.05, 0) is 45.6 Å². The fraction of sp³-hybridized carbons (Fsp3) is 0.632. The quantitative estimate of drug-likeness (QED) is 0.756. The van der Waals surface area contributed by atoms with Crippen molar-refractivity contribution in [3.05, 3.63) is 35.9 Å². The SMILES string of the molecule is CC(NC(C)(C)CNC(=O)C1CCCC(N)C1)c1ccccc1. The minimum Gasteiger partial charge on any atom is -0.354 e. The molecule has 3 atom stereocenters. The average Bonchev–Trinajstić information content (AvgIpc) is 2.53. The van der Waals surface area contributed by atoms with Crippen LogP contribution in [0.15, 0.2) is 30.3 Å². The molecule has 1 amide bonds. The molecule has 0 heterocycles. The van der Waals surface area contributed by atoms with Crippen LogP contribution in [0.2, 0.25) is 0 Å². The van der Waals surface area contributed by atoms with Crippen LogP contribution in [0.3, 0.4) is 0 Å². The highest BCUT2D eigenvalue weighted by atomic mass is 16.1. The van der Waals surface area contributed by atoms with Gasteiger partial charge in [-0.1, -0.05) is 36.8 Å². The third-order valence-corrected chi connectivity index (χ3v) is 4.70. The summed E-state index contributed by atoms with van der Waals surface area (Å²) in [6, 6.07) is 10.8. The summed E-state index contributed by atoms with van der Waals surface area (Å²) in [4.78, 5) is 12.4. The first kappa shape index (κ1) is 18.0. The molecule has 1 aromatic carbocycles. The number of hydrogen-bond acceptors (Lipinski definition) is 3. The molecule has 1 aromatic rings. The zero-order chi connectivity index (χ0) is 16.9. The van der Waals surface area contributed by atoms with Gasteiger partial charge in [-0.15, -0.1) is 0 Å². The lowest BCUT2D eigenvalue weighted by Crippen LogP contribution is -2.51. The molecule has 4 nitrogen and oxygen atoms in total. The van der Waals surface area contributed by atoms with E-state index in [4.69, 9.17) is 5.73 Å². The van der Waals surface area contributed by atoms with Crippen molar-refractivity contribution < 1.29 is 4.79 Å². The number of rotatable bonds is 6. The maximum Gasteiger partial charge on any atom is 0.223 e. The van der Waals surface area contributed by atoms with E-state index in [0.717, 1.165) is 25.7 Å². The molecule has 4 N–H and O–H groups in total. The molecule has 2 rings (SSSR count). The first-order valence-electron chi connectivity index (χ1n) is 8.73. The molecule has 1 aliphatic carbocycles. The molecule has 0 radical (unpaired) electrons. The lowest BCUT2D eigenvalue weighted by atomic mass is 9.85. The summed E-state index contributed by atoms with van der Waals surface area (Å²) in [6.45, 7) is 7.02. The first-order valence-corrected chi connectivity index (χ1v) is 8.73. The molecule has 1 fully saturated rings. The number of nitrogens with one attached hydrogen (secondary N) is 2. The van der Waals surface area contributed by atoms with Gasteiger partial charge in [0.15, 0.2) is 0 Å². The highest BCUT2D eigenvalue weighted by Gasteiger charge is 2.27. The van der Waals surface area contributed by atoms with Gasteiger partial charge in [0.25, 0.3) is 0 Å². The van der Waals surface area contributed by atoms with Crippen LogP contribution in [0.4, 0.5) is 0 Å². The van der Waals surface area contributed by atoms with Crippen molar-refractivity contribution >= 4 is 5.91 Å². The Morgan fingerprint density at radius 3 is 2.65 bits per heavy atom. The van der Waals surface area contributed by atoms with Crippen molar-refractivity contribution in [3.63, 3.8) is 0 Å². The summed E-state index contributed by atoms with van der Waals surface area (Å²) in [6.07, 6.45) is 3.89. The number of carbonyl (C=O) groups is 1. The molecule has 1 aliphatic rings. The minimum absolute atomic E-state index is 0.0843. The van der Waals surface area contributed by atoms with E-state index in [1.54, 1.807) is 0 Å². The van der Waals surface area contributed by atoms with Gasteiger partial charge in [-0.25, -0.2) is 0 Å². The molecule has 128 valence electrons. The number of hydrogen-bond donors (Lipinski definition) is 3. The number of benzene rings is 1. The molecule has 4 heteroatoms. The van der Waals surface area contributed by atoms with Gasteiger partial charge >= 0.3 is 0 Å². The topological polar surface area (TPSA) is 67.1 Å². The Morgan fingerprint density at radius 2 is 2.00 bits per heavy atom. The first-order chi connectivity index (χ1) is 10.9. The van der Waals surface area contributed by atoms with E-state index in [2.05, 4.69) is 55.7 Å². The lowest BCUT2D eigenvalue weighted by Gasteiger charge is -2.32. The van der Waals surface area contributed by atoms with Crippen molar-refractivity contribution in [1.82, 2.24) is 10.6 Å². The predicted molar refractivity (Wildman–Crippen MR) is 95.0 cm³/mol. The lowest BCUT2D eigenvalue weighted by molar-refractivity contribution is -0.126. The van der Waals surface area contributed by atoms with Crippen LogP contribution in [0, 0.1) is 5.92 Å². The van der Waals surface area contributed by atoms with Crippen LogP contribution in [0.1, 0.15) is 58.1 Å². The third-order valence-electron chi connectivity index (χ3n) is 4.70. The van der Waals surface area contributed by atoms with Crippen LogP contribution < -0.4 is 16.4 Å². The van der Waals surface area contributed by atoms with E-state index in [0.29, 0.717) is 6.54 Å². The molecule has 23 heavy (non-hydrogen) atoms. The summed E-state index contributed by atoms with van der Waals surface area (Å²) < 4.78 is 0. The Kier molecular flexibility index (Phi) is 6.19. The molecular weight excluding hydrogens is 286 g/mol. The second-order valence-electron chi connectivity index (χ2n) is 7.50. The Labute approximate surface area is 140 Å². The Morgan fingerprint density at radius 1 is 1.30 bits per heavy atom. The van der Waals surface area contributed by atoms with Gasteiger partial charge in [0.05, 0.1) is 0 Å². The highest BCUT2D eigenvalue weighted by molar-refractivity contribution is 5.78. The summed E-state index contributed by atoms with van der Waals surface area (Å²) in [5.74, 6) is 0.239. The van der Waals surface area contributed by atoms with Crippen LogP contribution in [0.5, 0.6) is 0 Å². The standard InChI is InChI=1S/C19H31N3O/c1-14(15-8-5-4-6-9-15)22-19(2,3)13-21-18(23)16-10-7-11-17(20)12-16/h4-6,8-9,14,16-17,22H,7,10-13,20H2,1-3H3,(H,21,23). The Hall–Kier alpha value is -1.39. The van der Waals surface area contributed by atoms with Gasteiger partial charge in [0, 0.05) is 30.1 Å². The van der Waals surface area contributed by atoms with Crippen LogP contribution >= 0.6 is 0 Å². The monoisotopic (exact) mass is 317 g/mol. The van der Waals surface area contributed by atoms with Gasteiger partial charge in [0.2, 0.25) is 5.91 Å². The normalized spacial score (nSPS) is 23.3. The molecule has 0 aliphatic heterocycles. The smallest absolute Gasteiger partial charge is 0.223 e. The largest absolute Gasteiger partial charge is 0.354 e. The highest BCUT2D eigenvalue weighted by Crippen LogP contribution is 2.23. The number of amides is 1. The molecule has 0 bridgehead atoms. The third kappa shape index (κ3) is 5.63. The second-order valence-corrected chi connectivity index (χ2v) is 7.50. The Bertz CT molecular complexity index is 501. The van der Waals surface area contributed by atoms with E-state index >= 15 is 0 Å². The van der Waals surface area contributed by atoms with Crippen molar-refractivity contribution in [2.45, 2.75) is 64.1 Å². The van der Waals surface area contributed by atoms with Crippen LogP contribution in [-0.4, -0.2) is 24.0 Å². The predicted octanol–water partition coefficient (Wildman–Crippen LogP) is 2.75. The minimum atomic E-state index is -0.165. The second kappa shape index (κ2) is 7.93. The van der Waals surface area contributed by atoms with Crippen molar-refractivity contribution in [1.29, 1.82) is 0 Å². The number of nitrogens with two attached hydrogens (primary N) is 1. The molecular formula is C19H31N3O. The zero-order valence-corrected chi connectivity index (χ0v) is 14.6. The summed E-state index contributed by atoms with van der Waals surface area (Å²) in [5, 5.41) is 6.71.